The van der Waals surface area contributed by atoms with E-state index in [0.717, 1.165) is 27.0 Å². The van der Waals surface area contributed by atoms with Crippen LogP contribution < -0.4 is 5.32 Å². The van der Waals surface area contributed by atoms with Gasteiger partial charge in [-0.1, -0.05) is 63.1 Å². The molecule has 0 aliphatic heterocycles. The van der Waals surface area contributed by atoms with E-state index in [9.17, 15) is 4.79 Å². The average molecular weight is 514 g/mol. The second-order valence-electron chi connectivity index (χ2n) is 6.83. The molecule has 1 N–H and O–H groups in total. The van der Waals surface area contributed by atoms with Crippen LogP contribution in [0.1, 0.15) is 5.56 Å². The van der Waals surface area contributed by atoms with Crippen molar-refractivity contribution in [2.24, 2.45) is 0 Å². The van der Waals surface area contributed by atoms with E-state index in [1.165, 1.54) is 11.8 Å². The minimum absolute atomic E-state index is 0.116. The van der Waals surface area contributed by atoms with Gasteiger partial charge in [-0.15, -0.1) is 10.2 Å². The van der Waals surface area contributed by atoms with Crippen molar-refractivity contribution in [1.82, 2.24) is 14.8 Å². The molecule has 4 aromatic rings. The van der Waals surface area contributed by atoms with E-state index >= 15 is 0 Å². The first-order valence-corrected chi connectivity index (χ1v) is 11.6. The minimum atomic E-state index is -0.116. The number of aromatic nitrogens is 3. The quantitative estimate of drug-likeness (QED) is 0.304. The summed E-state index contributed by atoms with van der Waals surface area (Å²) >= 11 is 10.8. The number of aryl methyl sites for hydroxylation is 1. The lowest BCUT2D eigenvalue weighted by atomic mass is 10.1. The van der Waals surface area contributed by atoms with Crippen molar-refractivity contribution in [3.8, 4) is 17.1 Å². The summed E-state index contributed by atoms with van der Waals surface area (Å²) in [6.07, 6.45) is 0. The number of anilines is 1. The average Bonchev–Trinajstić information content (AvgIpc) is 3.18. The third-order valence-electron chi connectivity index (χ3n) is 4.45. The van der Waals surface area contributed by atoms with E-state index in [1.54, 1.807) is 0 Å². The molecule has 0 aliphatic rings. The van der Waals surface area contributed by atoms with Crippen LogP contribution in [0.2, 0.25) is 5.02 Å². The number of benzene rings is 3. The molecular formula is C23H18BrClN4OS. The summed E-state index contributed by atoms with van der Waals surface area (Å²) in [5.41, 5.74) is 3.70. The summed E-state index contributed by atoms with van der Waals surface area (Å²) in [6.45, 7) is 2.04. The Morgan fingerprint density at radius 3 is 2.52 bits per heavy atom. The summed E-state index contributed by atoms with van der Waals surface area (Å²) in [5.74, 6) is 0.798. The van der Waals surface area contributed by atoms with Crippen LogP contribution in [0.25, 0.3) is 17.1 Å². The Balaban J connectivity index is 1.60. The third kappa shape index (κ3) is 5.36. The van der Waals surface area contributed by atoms with Crippen LogP contribution in [0, 0.1) is 6.92 Å². The van der Waals surface area contributed by atoms with Crippen LogP contribution in [0.5, 0.6) is 0 Å². The van der Waals surface area contributed by atoms with Gasteiger partial charge >= 0.3 is 0 Å². The summed E-state index contributed by atoms with van der Waals surface area (Å²) in [6, 6.07) is 23.0. The van der Waals surface area contributed by atoms with Gasteiger partial charge in [-0.3, -0.25) is 9.36 Å². The summed E-state index contributed by atoms with van der Waals surface area (Å²) in [5, 5.41) is 13.0. The number of carbonyl (C=O) groups excluding carboxylic acids is 1. The smallest absolute Gasteiger partial charge is 0.234 e. The van der Waals surface area contributed by atoms with Crippen molar-refractivity contribution in [2.45, 2.75) is 12.1 Å². The fraction of sp³-hybridized carbons (Fsp3) is 0.0870. The van der Waals surface area contributed by atoms with E-state index in [4.69, 9.17) is 11.6 Å². The summed E-state index contributed by atoms with van der Waals surface area (Å²) < 4.78 is 2.91. The van der Waals surface area contributed by atoms with Crippen LogP contribution in [0.4, 0.5) is 5.69 Å². The van der Waals surface area contributed by atoms with E-state index < -0.39 is 0 Å². The second kappa shape index (κ2) is 9.68. The Morgan fingerprint density at radius 2 is 1.81 bits per heavy atom. The zero-order valence-corrected chi connectivity index (χ0v) is 19.7. The van der Waals surface area contributed by atoms with Gasteiger partial charge < -0.3 is 5.32 Å². The van der Waals surface area contributed by atoms with Gasteiger partial charge in [0.2, 0.25) is 5.91 Å². The van der Waals surface area contributed by atoms with Crippen molar-refractivity contribution in [2.75, 3.05) is 11.1 Å². The first kappa shape index (κ1) is 21.6. The van der Waals surface area contributed by atoms with E-state index in [0.29, 0.717) is 16.0 Å². The van der Waals surface area contributed by atoms with E-state index in [-0.39, 0.29) is 11.7 Å². The van der Waals surface area contributed by atoms with Crippen molar-refractivity contribution in [1.29, 1.82) is 0 Å². The number of rotatable bonds is 6. The molecule has 0 saturated heterocycles. The maximum atomic E-state index is 12.5. The van der Waals surface area contributed by atoms with Gasteiger partial charge in [-0.2, -0.15) is 0 Å². The van der Waals surface area contributed by atoms with Gasteiger partial charge in [-0.25, -0.2) is 0 Å². The number of hydrogen-bond donors (Lipinski definition) is 1. The molecule has 0 spiro atoms. The summed E-state index contributed by atoms with van der Waals surface area (Å²) in [7, 11) is 0. The fourth-order valence-electron chi connectivity index (χ4n) is 3.02. The number of thioether (sulfide) groups is 1. The third-order valence-corrected chi connectivity index (χ3v) is 6.16. The van der Waals surface area contributed by atoms with E-state index in [2.05, 4.69) is 37.5 Å². The molecule has 1 aromatic heterocycles. The molecule has 3 aromatic carbocycles. The van der Waals surface area contributed by atoms with Crippen molar-refractivity contribution < 1.29 is 4.79 Å². The van der Waals surface area contributed by atoms with Gasteiger partial charge in [-0.05, 0) is 61.5 Å². The Morgan fingerprint density at radius 1 is 1.06 bits per heavy atom. The molecule has 5 nitrogen and oxygen atoms in total. The van der Waals surface area contributed by atoms with Crippen molar-refractivity contribution in [3.63, 3.8) is 0 Å². The molecule has 0 saturated carbocycles. The molecule has 4 rings (SSSR count). The van der Waals surface area contributed by atoms with Crippen LogP contribution >= 0.6 is 39.3 Å². The Bertz CT molecular complexity index is 1210. The molecule has 0 radical (unpaired) electrons. The predicted octanol–water partition coefficient (Wildman–Crippen LogP) is 6.39. The van der Waals surface area contributed by atoms with Crippen molar-refractivity contribution in [3.05, 3.63) is 87.9 Å². The topological polar surface area (TPSA) is 59.8 Å². The number of carbonyl (C=O) groups is 1. The molecule has 0 aliphatic carbocycles. The first-order valence-electron chi connectivity index (χ1n) is 9.46. The monoisotopic (exact) mass is 512 g/mol. The lowest BCUT2D eigenvalue weighted by molar-refractivity contribution is -0.113. The van der Waals surface area contributed by atoms with Crippen LogP contribution in [0.15, 0.2) is 82.4 Å². The van der Waals surface area contributed by atoms with Crippen LogP contribution in [-0.2, 0) is 4.79 Å². The molecule has 156 valence electrons. The number of nitrogens with zero attached hydrogens (tertiary/aromatic N) is 3. The molecule has 0 unspecified atom stereocenters. The number of halogens is 2. The van der Waals surface area contributed by atoms with Gasteiger partial charge in [0.05, 0.1) is 5.75 Å². The highest BCUT2D eigenvalue weighted by Crippen LogP contribution is 2.29. The zero-order chi connectivity index (χ0) is 21.8. The predicted molar refractivity (Wildman–Crippen MR) is 130 cm³/mol. The first-order chi connectivity index (χ1) is 15.0. The molecule has 1 heterocycles. The Labute approximate surface area is 198 Å². The Hall–Kier alpha value is -2.61. The molecule has 31 heavy (non-hydrogen) atoms. The maximum absolute atomic E-state index is 12.5. The number of amides is 1. The summed E-state index contributed by atoms with van der Waals surface area (Å²) in [4.78, 5) is 12.5. The van der Waals surface area contributed by atoms with Gasteiger partial charge in [0.15, 0.2) is 11.0 Å². The lowest BCUT2D eigenvalue weighted by Crippen LogP contribution is -2.14. The standard InChI is InChI=1S/C23H18BrClN4OS/c1-15-3-2-4-16(13-15)22-27-28-23(29(22)20-11-7-18(25)8-12-20)31-14-21(30)26-19-9-5-17(24)6-10-19/h2-13H,14H2,1H3,(H,26,30). The normalized spacial score (nSPS) is 10.8. The molecule has 0 fully saturated rings. The van der Waals surface area contributed by atoms with Gasteiger partial charge in [0.1, 0.15) is 0 Å². The second-order valence-corrected chi connectivity index (χ2v) is 9.13. The largest absolute Gasteiger partial charge is 0.325 e. The molecular weight excluding hydrogens is 496 g/mol. The number of hydrogen-bond acceptors (Lipinski definition) is 4. The zero-order valence-electron chi connectivity index (χ0n) is 16.5. The van der Waals surface area contributed by atoms with Gasteiger partial charge in [0.25, 0.3) is 0 Å². The van der Waals surface area contributed by atoms with Gasteiger partial charge in [0, 0.05) is 26.4 Å². The fourth-order valence-corrected chi connectivity index (χ4v) is 4.16. The molecule has 1 amide bonds. The molecule has 8 heteroatoms. The highest BCUT2D eigenvalue weighted by atomic mass is 79.9. The van der Waals surface area contributed by atoms with E-state index in [1.807, 2.05) is 78.2 Å². The Kier molecular flexibility index (Phi) is 6.75. The van der Waals surface area contributed by atoms with Crippen LogP contribution in [-0.4, -0.2) is 26.4 Å². The SMILES string of the molecule is Cc1cccc(-c2nnc(SCC(=O)Nc3ccc(Br)cc3)n2-c2ccc(Cl)cc2)c1. The van der Waals surface area contributed by atoms with Crippen LogP contribution in [0.3, 0.4) is 0 Å². The lowest BCUT2D eigenvalue weighted by Gasteiger charge is -2.11. The minimum Gasteiger partial charge on any atom is -0.325 e. The molecule has 0 bridgehead atoms. The van der Waals surface area contributed by atoms with Crippen molar-refractivity contribution >= 4 is 50.9 Å². The molecule has 0 atom stereocenters. The highest BCUT2D eigenvalue weighted by molar-refractivity contribution is 9.10. The maximum Gasteiger partial charge on any atom is 0.234 e. The number of nitrogens with one attached hydrogen (secondary N) is 1. The highest BCUT2D eigenvalue weighted by Gasteiger charge is 2.17.